The second-order valence-electron chi connectivity index (χ2n) is 5.60. The van der Waals surface area contributed by atoms with Crippen LogP contribution in [0, 0.1) is 0 Å². The monoisotopic (exact) mass is 336 g/mol. The first-order valence-corrected chi connectivity index (χ1v) is 8.13. The van der Waals surface area contributed by atoms with Crippen molar-refractivity contribution in [1.82, 2.24) is 15.0 Å². The van der Waals surface area contributed by atoms with E-state index in [1.807, 2.05) is 30.3 Å². The average molecular weight is 336 g/mol. The third-order valence-corrected chi connectivity index (χ3v) is 3.79. The summed E-state index contributed by atoms with van der Waals surface area (Å²) >= 11 is 0. The fraction of sp³-hybridized carbons (Fsp3) is 0.211. The van der Waals surface area contributed by atoms with Gasteiger partial charge in [-0.25, -0.2) is 4.98 Å². The first-order chi connectivity index (χ1) is 12.2. The Balaban J connectivity index is 1.60. The molecule has 3 aromatic rings. The third-order valence-electron chi connectivity index (χ3n) is 3.79. The molecule has 0 aliphatic rings. The number of benzene rings is 1. The minimum atomic E-state index is -0.183. The van der Waals surface area contributed by atoms with E-state index in [1.54, 1.807) is 19.5 Å². The van der Waals surface area contributed by atoms with Gasteiger partial charge in [0, 0.05) is 30.6 Å². The van der Waals surface area contributed by atoms with E-state index < -0.39 is 0 Å². The molecule has 0 unspecified atom stereocenters. The third kappa shape index (κ3) is 4.67. The summed E-state index contributed by atoms with van der Waals surface area (Å²) in [7, 11) is 1.67. The Morgan fingerprint density at radius 2 is 2.00 bits per heavy atom. The van der Waals surface area contributed by atoms with E-state index >= 15 is 0 Å². The number of nitrogens with one attached hydrogen (secondary N) is 2. The van der Waals surface area contributed by atoms with Crippen molar-refractivity contribution in [2.75, 3.05) is 19.0 Å². The Hall–Kier alpha value is -3.15. The van der Waals surface area contributed by atoms with Gasteiger partial charge in [-0.05, 0) is 42.7 Å². The Morgan fingerprint density at radius 3 is 2.80 bits per heavy atom. The molecule has 0 saturated heterocycles. The molecule has 0 atom stereocenters. The van der Waals surface area contributed by atoms with Crippen LogP contribution in [0.2, 0.25) is 0 Å². The molecule has 3 rings (SSSR count). The number of hydrogen-bond donors (Lipinski definition) is 2. The highest BCUT2D eigenvalue weighted by atomic mass is 16.5. The molecule has 2 heterocycles. The van der Waals surface area contributed by atoms with Crippen LogP contribution in [-0.2, 0) is 6.42 Å². The SMILES string of the molecule is COc1cccc(CCCNc2nc(-c3ccncc3)cc(=O)[nH]2)c1. The van der Waals surface area contributed by atoms with Crippen LogP contribution in [0.15, 0.2) is 59.7 Å². The molecule has 128 valence electrons. The number of H-pyrrole nitrogens is 1. The minimum Gasteiger partial charge on any atom is -0.497 e. The fourth-order valence-corrected chi connectivity index (χ4v) is 2.54. The molecular weight excluding hydrogens is 316 g/mol. The highest BCUT2D eigenvalue weighted by molar-refractivity contribution is 5.58. The van der Waals surface area contributed by atoms with Crippen LogP contribution < -0.4 is 15.6 Å². The molecule has 2 aromatic heterocycles. The number of aromatic amines is 1. The molecule has 1 aromatic carbocycles. The minimum absolute atomic E-state index is 0.183. The molecule has 0 spiro atoms. The molecule has 0 aliphatic heterocycles. The van der Waals surface area contributed by atoms with Crippen LogP contribution in [0.1, 0.15) is 12.0 Å². The van der Waals surface area contributed by atoms with Gasteiger partial charge in [0.2, 0.25) is 5.95 Å². The summed E-state index contributed by atoms with van der Waals surface area (Å²) < 4.78 is 5.23. The van der Waals surface area contributed by atoms with E-state index in [9.17, 15) is 4.79 Å². The molecule has 0 aliphatic carbocycles. The van der Waals surface area contributed by atoms with Crippen LogP contribution in [0.5, 0.6) is 5.75 Å². The smallest absolute Gasteiger partial charge is 0.252 e. The van der Waals surface area contributed by atoms with Crippen molar-refractivity contribution in [3.8, 4) is 17.0 Å². The summed E-state index contributed by atoms with van der Waals surface area (Å²) in [6.45, 7) is 0.708. The van der Waals surface area contributed by atoms with Crippen LogP contribution in [0.4, 0.5) is 5.95 Å². The van der Waals surface area contributed by atoms with E-state index in [0.717, 1.165) is 24.2 Å². The van der Waals surface area contributed by atoms with Crippen molar-refractivity contribution in [2.24, 2.45) is 0 Å². The fourth-order valence-electron chi connectivity index (χ4n) is 2.54. The topological polar surface area (TPSA) is 79.9 Å². The number of anilines is 1. The Labute approximate surface area is 145 Å². The van der Waals surface area contributed by atoms with Crippen molar-refractivity contribution in [1.29, 1.82) is 0 Å². The summed E-state index contributed by atoms with van der Waals surface area (Å²) in [4.78, 5) is 23.0. The lowest BCUT2D eigenvalue weighted by atomic mass is 10.1. The number of pyridine rings is 1. The normalized spacial score (nSPS) is 10.4. The first kappa shape index (κ1) is 16.7. The highest BCUT2D eigenvalue weighted by Crippen LogP contribution is 2.15. The highest BCUT2D eigenvalue weighted by Gasteiger charge is 2.04. The van der Waals surface area contributed by atoms with Crippen LogP contribution in [-0.4, -0.2) is 28.6 Å². The van der Waals surface area contributed by atoms with Gasteiger partial charge >= 0.3 is 0 Å². The lowest BCUT2D eigenvalue weighted by Gasteiger charge is -2.08. The van der Waals surface area contributed by atoms with Gasteiger partial charge in [0.1, 0.15) is 5.75 Å². The molecule has 25 heavy (non-hydrogen) atoms. The zero-order valence-corrected chi connectivity index (χ0v) is 14.0. The Kier molecular flexibility index (Phi) is 5.41. The Morgan fingerprint density at radius 1 is 1.16 bits per heavy atom. The summed E-state index contributed by atoms with van der Waals surface area (Å²) in [5.74, 6) is 1.34. The lowest BCUT2D eigenvalue weighted by molar-refractivity contribution is 0.414. The second-order valence-corrected chi connectivity index (χ2v) is 5.60. The largest absolute Gasteiger partial charge is 0.497 e. The summed E-state index contributed by atoms with van der Waals surface area (Å²) in [5, 5.41) is 3.18. The van der Waals surface area contributed by atoms with Gasteiger partial charge in [-0.15, -0.1) is 0 Å². The van der Waals surface area contributed by atoms with Gasteiger partial charge in [-0.1, -0.05) is 12.1 Å². The molecular formula is C19H20N4O2. The molecule has 0 radical (unpaired) electrons. The van der Waals surface area contributed by atoms with E-state index in [4.69, 9.17) is 4.74 Å². The number of ether oxygens (including phenoxy) is 1. The molecule has 6 heteroatoms. The van der Waals surface area contributed by atoms with Gasteiger partial charge in [0.15, 0.2) is 0 Å². The number of rotatable bonds is 7. The predicted molar refractivity (Wildman–Crippen MR) is 97.9 cm³/mol. The van der Waals surface area contributed by atoms with Crippen molar-refractivity contribution < 1.29 is 4.74 Å². The van der Waals surface area contributed by atoms with Crippen LogP contribution in [0.25, 0.3) is 11.3 Å². The molecule has 2 N–H and O–H groups in total. The molecule has 0 fully saturated rings. The molecule has 0 amide bonds. The molecule has 6 nitrogen and oxygen atoms in total. The number of methoxy groups -OCH3 is 1. The van der Waals surface area contributed by atoms with Crippen molar-refractivity contribution in [3.05, 3.63) is 70.8 Å². The first-order valence-electron chi connectivity index (χ1n) is 8.13. The summed E-state index contributed by atoms with van der Waals surface area (Å²) in [5.41, 5.74) is 2.52. The summed E-state index contributed by atoms with van der Waals surface area (Å²) in [6, 6.07) is 13.2. The van der Waals surface area contributed by atoms with Gasteiger partial charge in [-0.2, -0.15) is 0 Å². The lowest BCUT2D eigenvalue weighted by Crippen LogP contribution is -2.14. The van der Waals surface area contributed by atoms with E-state index in [-0.39, 0.29) is 5.56 Å². The van der Waals surface area contributed by atoms with Gasteiger partial charge < -0.3 is 10.1 Å². The maximum absolute atomic E-state index is 11.8. The number of hydrogen-bond acceptors (Lipinski definition) is 5. The van der Waals surface area contributed by atoms with Gasteiger partial charge in [0.25, 0.3) is 5.56 Å². The Bertz CT molecular complexity index is 878. The van der Waals surface area contributed by atoms with Gasteiger partial charge in [-0.3, -0.25) is 14.8 Å². The maximum Gasteiger partial charge on any atom is 0.252 e. The standard InChI is InChI=1S/C19H20N4O2/c1-25-16-6-2-4-14(12-16)5-3-9-21-19-22-17(13-18(24)23-19)15-7-10-20-11-8-15/h2,4,6-8,10-13H,3,5,9H2,1H3,(H2,21,22,23,24). The quantitative estimate of drug-likeness (QED) is 0.649. The van der Waals surface area contributed by atoms with E-state index in [1.165, 1.54) is 11.6 Å². The zero-order chi connectivity index (χ0) is 17.5. The van der Waals surface area contributed by atoms with Crippen molar-refractivity contribution >= 4 is 5.95 Å². The molecule has 0 saturated carbocycles. The van der Waals surface area contributed by atoms with Crippen molar-refractivity contribution in [2.45, 2.75) is 12.8 Å². The number of aromatic nitrogens is 3. The van der Waals surface area contributed by atoms with Crippen LogP contribution in [0.3, 0.4) is 0 Å². The zero-order valence-electron chi connectivity index (χ0n) is 14.0. The van der Waals surface area contributed by atoms with Crippen LogP contribution >= 0.6 is 0 Å². The summed E-state index contributed by atoms with van der Waals surface area (Å²) in [6.07, 6.45) is 5.19. The van der Waals surface area contributed by atoms with Gasteiger partial charge in [0.05, 0.1) is 12.8 Å². The number of nitrogens with zero attached hydrogens (tertiary/aromatic N) is 2. The molecule has 0 bridgehead atoms. The van der Waals surface area contributed by atoms with E-state index in [2.05, 4.69) is 26.3 Å². The maximum atomic E-state index is 11.8. The average Bonchev–Trinajstić information content (AvgIpc) is 2.66. The second kappa shape index (κ2) is 8.10. The van der Waals surface area contributed by atoms with Crippen molar-refractivity contribution in [3.63, 3.8) is 0 Å². The number of aryl methyl sites for hydroxylation is 1. The van der Waals surface area contributed by atoms with E-state index in [0.29, 0.717) is 18.2 Å². The predicted octanol–water partition coefficient (Wildman–Crippen LogP) is 2.89.